The molecule has 2 amide bonds. The second-order valence-electron chi connectivity index (χ2n) is 6.67. The number of esters is 1. The lowest BCUT2D eigenvalue weighted by Gasteiger charge is -2.10. The lowest BCUT2D eigenvalue weighted by molar-refractivity contribution is -0.144. The molecule has 8 heteroatoms. The number of thioether (sulfide) groups is 1. The summed E-state index contributed by atoms with van der Waals surface area (Å²) in [6, 6.07) is 12.3. The van der Waals surface area contributed by atoms with Crippen LogP contribution >= 0.6 is 11.8 Å². The third-order valence-corrected chi connectivity index (χ3v) is 4.96. The predicted octanol–water partition coefficient (Wildman–Crippen LogP) is 3.36. The third kappa shape index (κ3) is 7.36. The molecule has 0 bridgehead atoms. The molecule has 0 atom stereocenters. The monoisotopic (exact) mass is 428 g/mol. The van der Waals surface area contributed by atoms with E-state index in [9.17, 15) is 19.2 Å². The average Bonchev–Trinajstić information content (AvgIpc) is 2.69. The predicted molar refractivity (Wildman–Crippen MR) is 118 cm³/mol. The first kappa shape index (κ1) is 23.2. The van der Waals surface area contributed by atoms with Gasteiger partial charge >= 0.3 is 5.97 Å². The minimum atomic E-state index is -0.602. The van der Waals surface area contributed by atoms with Gasteiger partial charge in [0.1, 0.15) is 0 Å². The fourth-order valence-corrected chi connectivity index (χ4v) is 3.25. The molecule has 158 valence electrons. The molecule has 2 aromatic carbocycles. The van der Waals surface area contributed by atoms with Crippen LogP contribution in [0.2, 0.25) is 0 Å². The lowest BCUT2D eigenvalue weighted by Crippen LogP contribution is -2.23. The van der Waals surface area contributed by atoms with Crippen LogP contribution in [-0.4, -0.2) is 41.7 Å². The van der Waals surface area contributed by atoms with Crippen LogP contribution in [-0.2, 0) is 19.1 Å². The van der Waals surface area contributed by atoms with Crippen molar-refractivity contribution in [1.82, 2.24) is 0 Å². The quantitative estimate of drug-likeness (QED) is 0.469. The number of hydrogen-bond acceptors (Lipinski definition) is 6. The highest BCUT2D eigenvalue weighted by molar-refractivity contribution is 8.00. The summed E-state index contributed by atoms with van der Waals surface area (Å²) in [5, 5.41) is 5.35. The highest BCUT2D eigenvalue weighted by Crippen LogP contribution is 2.17. The van der Waals surface area contributed by atoms with Gasteiger partial charge in [-0.3, -0.25) is 19.2 Å². The number of benzene rings is 2. The van der Waals surface area contributed by atoms with Gasteiger partial charge in [0.25, 0.3) is 5.91 Å². The molecule has 2 rings (SSSR count). The van der Waals surface area contributed by atoms with E-state index in [1.165, 1.54) is 6.92 Å². The Morgan fingerprint density at radius 2 is 1.60 bits per heavy atom. The Kier molecular flexibility index (Phi) is 8.61. The molecule has 0 heterocycles. The summed E-state index contributed by atoms with van der Waals surface area (Å²) in [6.45, 7) is 4.81. The number of hydrogen-bond donors (Lipinski definition) is 2. The van der Waals surface area contributed by atoms with E-state index >= 15 is 0 Å². The van der Waals surface area contributed by atoms with Crippen LogP contribution < -0.4 is 10.6 Å². The summed E-state index contributed by atoms with van der Waals surface area (Å²) in [4.78, 5) is 47.3. The molecule has 0 aliphatic carbocycles. The van der Waals surface area contributed by atoms with Crippen molar-refractivity contribution >= 4 is 46.7 Å². The molecule has 0 unspecified atom stereocenters. The number of Topliss-reactive ketones (excluding diaryl/α,β-unsaturated/α-hetero) is 1. The van der Waals surface area contributed by atoms with E-state index in [1.54, 1.807) is 24.3 Å². The van der Waals surface area contributed by atoms with E-state index in [0.29, 0.717) is 11.3 Å². The summed E-state index contributed by atoms with van der Waals surface area (Å²) >= 11 is 1.10. The largest absolute Gasteiger partial charge is 0.455 e. The molecule has 0 aliphatic rings. The van der Waals surface area contributed by atoms with E-state index in [0.717, 1.165) is 28.6 Å². The molecule has 0 aromatic heterocycles. The van der Waals surface area contributed by atoms with Crippen molar-refractivity contribution in [3.05, 3.63) is 59.2 Å². The van der Waals surface area contributed by atoms with Crippen molar-refractivity contribution < 1.29 is 23.9 Å². The van der Waals surface area contributed by atoms with Gasteiger partial charge < -0.3 is 15.4 Å². The number of carbonyl (C=O) groups is 4. The maximum atomic E-state index is 12.0. The first-order valence-electron chi connectivity index (χ1n) is 9.26. The Bertz CT molecular complexity index is 958. The van der Waals surface area contributed by atoms with Crippen LogP contribution in [0.25, 0.3) is 0 Å². The summed E-state index contributed by atoms with van der Waals surface area (Å²) < 4.78 is 4.92. The second-order valence-corrected chi connectivity index (χ2v) is 7.66. The Hall–Kier alpha value is -3.13. The van der Waals surface area contributed by atoms with E-state index in [1.807, 2.05) is 32.0 Å². The van der Waals surface area contributed by atoms with Crippen LogP contribution in [0.4, 0.5) is 11.4 Å². The summed E-state index contributed by atoms with van der Waals surface area (Å²) in [6.07, 6.45) is 0. The van der Waals surface area contributed by atoms with Crippen molar-refractivity contribution in [3.63, 3.8) is 0 Å². The number of rotatable bonds is 9. The SMILES string of the molecule is CC(=O)c1ccccc1NC(=O)COC(=O)CSCC(=O)Nc1ccc(C)cc1C. The number of amides is 2. The van der Waals surface area contributed by atoms with Crippen LogP contribution in [0, 0.1) is 13.8 Å². The Balaban J connectivity index is 1.70. The summed E-state index contributed by atoms with van der Waals surface area (Å²) in [5.74, 6) is -1.53. The first-order chi connectivity index (χ1) is 14.3. The molecule has 0 radical (unpaired) electrons. The molecule has 0 fully saturated rings. The van der Waals surface area contributed by atoms with Crippen LogP contribution in [0.5, 0.6) is 0 Å². The number of para-hydroxylation sites is 1. The smallest absolute Gasteiger partial charge is 0.316 e. The highest BCUT2D eigenvalue weighted by Gasteiger charge is 2.13. The topological polar surface area (TPSA) is 102 Å². The lowest BCUT2D eigenvalue weighted by atomic mass is 10.1. The number of ketones is 1. The van der Waals surface area contributed by atoms with Gasteiger partial charge in [0, 0.05) is 11.3 Å². The Morgan fingerprint density at radius 3 is 2.30 bits per heavy atom. The Morgan fingerprint density at radius 1 is 0.900 bits per heavy atom. The molecule has 2 aromatic rings. The number of ether oxygens (including phenoxy) is 1. The zero-order chi connectivity index (χ0) is 22.1. The Labute approximate surface area is 179 Å². The van der Waals surface area contributed by atoms with Crippen LogP contribution in [0.15, 0.2) is 42.5 Å². The van der Waals surface area contributed by atoms with Crippen molar-refractivity contribution in [1.29, 1.82) is 0 Å². The van der Waals surface area contributed by atoms with Gasteiger partial charge in [0.2, 0.25) is 5.91 Å². The second kappa shape index (κ2) is 11.2. The number of anilines is 2. The van der Waals surface area contributed by atoms with Gasteiger partial charge in [-0.1, -0.05) is 29.8 Å². The maximum Gasteiger partial charge on any atom is 0.316 e. The molecule has 0 saturated heterocycles. The van der Waals surface area contributed by atoms with Crippen molar-refractivity contribution in [2.24, 2.45) is 0 Å². The van der Waals surface area contributed by atoms with Gasteiger partial charge in [-0.05, 0) is 44.5 Å². The normalized spacial score (nSPS) is 10.2. The zero-order valence-electron chi connectivity index (χ0n) is 17.1. The molecule has 0 saturated carbocycles. The van der Waals surface area contributed by atoms with Crippen LogP contribution in [0.1, 0.15) is 28.4 Å². The molecular weight excluding hydrogens is 404 g/mol. The summed E-state index contributed by atoms with van der Waals surface area (Å²) in [5.41, 5.74) is 3.55. The van der Waals surface area contributed by atoms with Gasteiger partial charge in [-0.25, -0.2) is 0 Å². The number of aryl methyl sites for hydroxylation is 2. The van der Waals surface area contributed by atoms with Crippen molar-refractivity contribution in [3.8, 4) is 0 Å². The van der Waals surface area contributed by atoms with Crippen molar-refractivity contribution in [2.45, 2.75) is 20.8 Å². The van der Waals surface area contributed by atoms with Gasteiger partial charge in [0.15, 0.2) is 12.4 Å². The molecule has 30 heavy (non-hydrogen) atoms. The number of carbonyl (C=O) groups excluding carboxylic acids is 4. The molecule has 0 aliphatic heterocycles. The first-order valence-corrected chi connectivity index (χ1v) is 10.4. The average molecular weight is 429 g/mol. The van der Waals surface area contributed by atoms with E-state index in [-0.39, 0.29) is 23.2 Å². The molecular formula is C22H24N2O5S. The van der Waals surface area contributed by atoms with Gasteiger partial charge in [-0.15, -0.1) is 11.8 Å². The van der Waals surface area contributed by atoms with Gasteiger partial charge in [-0.2, -0.15) is 0 Å². The maximum absolute atomic E-state index is 12.0. The molecule has 7 nitrogen and oxygen atoms in total. The zero-order valence-corrected chi connectivity index (χ0v) is 17.9. The number of nitrogens with one attached hydrogen (secondary N) is 2. The minimum Gasteiger partial charge on any atom is -0.455 e. The van der Waals surface area contributed by atoms with Crippen molar-refractivity contribution in [2.75, 3.05) is 28.7 Å². The minimum absolute atomic E-state index is 0.0579. The highest BCUT2D eigenvalue weighted by atomic mass is 32.2. The van der Waals surface area contributed by atoms with E-state index in [4.69, 9.17) is 4.74 Å². The fraction of sp³-hybridized carbons (Fsp3) is 0.273. The summed E-state index contributed by atoms with van der Waals surface area (Å²) in [7, 11) is 0. The van der Waals surface area contributed by atoms with Gasteiger partial charge in [0.05, 0.1) is 17.2 Å². The van der Waals surface area contributed by atoms with E-state index < -0.39 is 18.5 Å². The van der Waals surface area contributed by atoms with E-state index in [2.05, 4.69) is 10.6 Å². The molecule has 2 N–H and O–H groups in total. The third-order valence-electron chi connectivity index (χ3n) is 4.05. The van der Waals surface area contributed by atoms with Crippen LogP contribution in [0.3, 0.4) is 0 Å². The standard InChI is InChI=1S/C22H24N2O5S/c1-14-8-9-18(15(2)10-14)23-21(27)12-30-13-22(28)29-11-20(26)24-19-7-5-4-6-17(19)16(3)25/h4-10H,11-13H2,1-3H3,(H,23,27)(H,24,26). The molecule has 0 spiro atoms. The fourth-order valence-electron chi connectivity index (χ4n) is 2.64.